The Labute approximate surface area is 112 Å². The van der Waals surface area contributed by atoms with Gasteiger partial charge in [0.15, 0.2) is 0 Å². The number of nitrogens with zero attached hydrogens (tertiary/aromatic N) is 1. The Bertz CT molecular complexity index is 463. The molecule has 0 aromatic heterocycles. The zero-order valence-electron chi connectivity index (χ0n) is 11.3. The molecule has 1 heterocycles. The van der Waals surface area contributed by atoms with Crippen LogP contribution in [0.2, 0.25) is 0 Å². The lowest BCUT2D eigenvalue weighted by atomic mass is 10.0. The predicted octanol–water partition coefficient (Wildman–Crippen LogP) is 1.94. The van der Waals surface area contributed by atoms with Crippen LogP contribution in [0.1, 0.15) is 19.8 Å². The van der Waals surface area contributed by atoms with Gasteiger partial charge in [0.2, 0.25) is 5.91 Å². The largest absolute Gasteiger partial charge is 0.494 e. The molecule has 1 N–H and O–H groups in total. The first-order valence-corrected chi connectivity index (χ1v) is 6.55. The molecular formula is C14H19FN2O2. The van der Waals surface area contributed by atoms with Crippen LogP contribution in [-0.2, 0) is 4.79 Å². The van der Waals surface area contributed by atoms with Gasteiger partial charge in [0.05, 0.1) is 18.8 Å². The summed E-state index contributed by atoms with van der Waals surface area (Å²) in [6.45, 7) is 3.37. The molecule has 0 saturated carbocycles. The van der Waals surface area contributed by atoms with Crippen molar-refractivity contribution in [3.63, 3.8) is 0 Å². The first-order valence-electron chi connectivity index (χ1n) is 6.55. The predicted molar refractivity (Wildman–Crippen MR) is 72.0 cm³/mol. The minimum absolute atomic E-state index is 0.0259. The van der Waals surface area contributed by atoms with E-state index < -0.39 is 0 Å². The van der Waals surface area contributed by atoms with Gasteiger partial charge in [0.25, 0.3) is 0 Å². The van der Waals surface area contributed by atoms with Crippen molar-refractivity contribution in [2.45, 2.75) is 25.8 Å². The first kappa shape index (κ1) is 13.8. The van der Waals surface area contributed by atoms with Crippen molar-refractivity contribution in [2.75, 3.05) is 25.1 Å². The second-order valence-corrected chi connectivity index (χ2v) is 4.56. The molecule has 0 spiro atoms. The van der Waals surface area contributed by atoms with Gasteiger partial charge in [-0.15, -0.1) is 0 Å². The lowest BCUT2D eigenvalue weighted by Crippen LogP contribution is -2.50. The molecule has 4 nitrogen and oxygen atoms in total. The number of methoxy groups -OCH3 is 1. The summed E-state index contributed by atoms with van der Waals surface area (Å²) in [7, 11) is 1.48. The van der Waals surface area contributed by atoms with E-state index in [0.29, 0.717) is 18.0 Å². The second kappa shape index (κ2) is 6.02. The number of hydrogen-bond donors (Lipinski definition) is 1. The molecule has 1 saturated heterocycles. The van der Waals surface area contributed by atoms with Gasteiger partial charge in [-0.1, -0.05) is 6.92 Å². The maximum atomic E-state index is 13.2. The average Bonchev–Trinajstić information content (AvgIpc) is 2.42. The number of rotatable bonds is 4. The molecule has 1 aliphatic heterocycles. The normalized spacial score (nSPS) is 19.6. The number of anilines is 1. The number of hydrogen-bond acceptors (Lipinski definition) is 3. The summed E-state index contributed by atoms with van der Waals surface area (Å²) >= 11 is 0. The molecule has 1 atom stereocenters. The quantitative estimate of drug-likeness (QED) is 0.905. The van der Waals surface area contributed by atoms with Crippen molar-refractivity contribution in [3.8, 4) is 5.75 Å². The Morgan fingerprint density at radius 1 is 1.53 bits per heavy atom. The van der Waals surface area contributed by atoms with E-state index in [4.69, 9.17) is 4.74 Å². The summed E-state index contributed by atoms with van der Waals surface area (Å²) in [6, 6.07) is 4.09. The molecule has 1 unspecified atom stereocenters. The smallest absolute Gasteiger partial charge is 0.244 e. The van der Waals surface area contributed by atoms with Crippen molar-refractivity contribution >= 4 is 11.6 Å². The Morgan fingerprint density at radius 2 is 2.32 bits per heavy atom. The van der Waals surface area contributed by atoms with Crippen LogP contribution < -0.4 is 15.0 Å². The molecule has 1 amide bonds. The molecule has 1 aromatic carbocycles. The van der Waals surface area contributed by atoms with Gasteiger partial charge in [0, 0.05) is 12.6 Å². The highest BCUT2D eigenvalue weighted by Crippen LogP contribution is 2.31. The number of likely N-dealkylation sites (N-methyl/N-ethyl adjacent to an activating group) is 1. The number of ether oxygens (including phenoxy) is 1. The van der Waals surface area contributed by atoms with Gasteiger partial charge < -0.3 is 15.0 Å². The molecule has 0 bridgehead atoms. The molecule has 19 heavy (non-hydrogen) atoms. The molecule has 1 fully saturated rings. The molecular weight excluding hydrogens is 247 g/mol. The Hall–Kier alpha value is -1.62. The van der Waals surface area contributed by atoms with Crippen LogP contribution in [0.15, 0.2) is 18.2 Å². The lowest BCUT2D eigenvalue weighted by molar-refractivity contribution is -0.121. The van der Waals surface area contributed by atoms with Crippen LogP contribution in [-0.4, -0.2) is 32.1 Å². The number of piperidine rings is 1. The second-order valence-electron chi connectivity index (χ2n) is 4.56. The van der Waals surface area contributed by atoms with E-state index in [9.17, 15) is 9.18 Å². The van der Waals surface area contributed by atoms with E-state index in [1.807, 2.05) is 6.92 Å². The minimum Gasteiger partial charge on any atom is -0.494 e. The third-order valence-corrected chi connectivity index (χ3v) is 3.32. The van der Waals surface area contributed by atoms with Crippen molar-refractivity contribution in [1.82, 2.24) is 5.32 Å². The number of amides is 1. The van der Waals surface area contributed by atoms with E-state index in [-0.39, 0.29) is 17.8 Å². The summed E-state index contributed by atoms with van der Waals surface area (Å²) in [5.74, 6) is 0.0526. The first-order chi connectivity index (χ1) is 9.17. The fraction of sp³-hybridized carbons (Fsp3) is 0.500. The number of carbonyl (C=O) groups is 1. The van der Waals surface area contributed by atoms with Crippen LogP contribution in [0.5, 0.6) is 5.75 Å². The molecule has 104 valence electrons. The Balaban J connectivity index is 2.27. The summed E-state index contributed by atoms with van der Waals surface area (Å²) < 4.78 is 18.4. The molecule has 2 rings (SSSR count). The third-order valence-electron chi connectivity index (χ3n) is 3.32. The van der Waals surface area contributed by atoms with Gasteiger partial charge in [0.1, 0.15) is 11.6 Å². The third kappa shape index (κ3) is 2.87. The molecule has 0 radical (unpaired) electrons. The highest BCUT2D eigenvalue weighted by Gasteiger charge is 2.30. The van der Waals surface area contributed by atoms with Gasteiger partial charge in [-0.05, 0) is 31.5 Å². The van der Waals surface area contributed by atoms with Gasteiger partial charge in [-0.2, -0.15) is 0 Å². The van der Waals surface area contributed by atoms with E-state index >= 15 is 0 Å². The lowest BCUT2D eigenvalue weighted by Gasteiger charge is -2.33. The maximum absolute atomic E-state index is 13.2. The van der Waals surface area contributed by atoms with Crippen molar-refractivity contribution in [1.29, 1.82) is 0 Å². The summed E-state index contributed by atoms with van der Waals surface area (Å²) in [5, 5.41) is 3.18. The number of nitrogens with one attached hydrogen (secondary N) is 1. The summed E-state index contributed by atoms with van der Waals surface area (Å²) in [5.41, 5.74) is 0.636. The van der Waals surface area contributed by atoms with Gasteiger partial charge in [-0.3, -0.25) is 4.79 Å². The average molecular weight is 266 g/mol. The van der Waals surface area contributed by atoms with Gasteiger partial charge in [-0.25, -0.2) is 4.39 Å². The number of benzene rings is 1. The fourth-order valence-electron chi connectivity index (χ4n) is 2.42. The Kier molecular flexibility index (Phi) is 4.37. The van der Waals surface area contributed by atoms with Crippen molar-refractivity contribution in [3.05, 3.63) is 24.0 Å². The molecule has 1 aliphatic rings. The zero-order valence-corrected chi connectivity index (χ0v) is 11.3. The highest BCUT2D eigenvalue weighted by molar-refractivity contribution is 5.99. The molecule has 0 aliphatic carbocycles. The molecule has 5 heteroatoms. The van der Waals surface area contributed by atoms with Crippen LogP contribution in [0.4, 0.5) is 10.1 Å². The highest BCUT2D eigenvalue weighted by atomic mass is 19.1. The van der Waals surface area contributed by atoms with Crippen molar-refractivity contribution < 1.29 is 13.9 Å². The van der Waals surface area contributed by atoms with E-state index in [2.05, 4.69) is 5.32 Å². The minimum atomic E-state index is -0.367. The zero-order chi connectivity index (χ0) is 13.8. The number of halogens is 1. The standard InChI is InChI=1S/C14H19FN2O2/c1-3-16-11-5-4-8-17(14(11)18)12-7-6-10(15)9-13(12)19-2/h6-7,9,11,16H,3-5,8H2,1-2H3. The fourth-order valence-corrected chi connectivity index (χ4v) is 2.42. The topological polar surface area (TPSA) is 41.6 Å². The molecule has 1 aromatic rings. The summed E-state index contributed by atoms with van der Waals surface area (Å²) in [6.07, 6.45) is 1.76. The maximum Gasteiger partial charge on any atom is 0.244 e. The van der Waals surface area contributed by atoms with Crippen LogP contribution in [0.25, 0.3) is 0 Å². The van der Waals surface area contributed by atoms with E-state index in [1.54, 1.807) is 11.0 Å². The van der Waals surface area contributed by atoms with E-state index in [0.717, 1.165) is 19.4 Å². The SMILES string of the molecule is CCNC1CCCN(c2ccc(F)cc2OC)C1=O. The van der Waals surface area contributed by atoms with Gasteiger partial charge >= 0.3 is 0 Å². The monoisotopic (exact) mass is 266 g/mol. The Morgan fingerprint density at radius 3 is 3.00 bits per heavy atom. The summed E-state index contributed by atoms with van der Waals surface area (Å²) in [4.78, 5) is 14.1. The van der Waals surface area contributed by atoms with Crippen LogP contribution in [0.3, 0.4) is 0 Å². The van der Waals surface area contributed by atoms with Crippen molar-refractivity contribution in [2.24, 2.45) is 0 Å². The van der Waals surface area contributed by atoms with Crippen LogP contribution in [0, 0.1) is 5.82 Å². The number of carbonyl (C=O) groups excluding carboxylic acids is 1. The van der Waals surface area contributed by atoms with E-state index in [1.165, 1.54) is 19.2 Å². The van der Waals surface area contributed by atoms with Crippen LogP contribution >= 0.6 is 0 Å².